The van der Waals surface area contributed by atoms with E-state index in [0.29, 0.717) is 11.8 Å². The monoisotopic (exact) mass is 416 g/mol. The third-order valence-corrected chi connectivity index (χ3v) is 7.04. The molecule has 0 saturated carbocycles. The number of ether oxygens (including phenoxy) is 6. The van der Waals surface area contributed by atoms with Gasteiger partial charge in [0.25, 0.3) is 11.9 Å². The zero-order valence-corrected chi connectivity index (χ0v) is 20.4. The Bertz CT molecular complexity index is 501. The number of hydrogen-bond donors (Lipinski definition) is 0. The first-order valence-electron chi connectivity index (χ1n) is 11.4. The number of rotatable bonds is 7. The molecule has 0 spiro atoms. The molecule has 29 heavy (non-hydrogen) atoms. The molecule has 0 aromatic rings. The number of hydrogen-bond acceptors (Lipinski definition) is 6. The maximum atomic E-state index is 6.27. The molecule has 2 rings (SSSR count). The predicted octanol–water partition coefficient (Wildman–Crippen LogP) is 5.09. The minimum absolute atomic E-state index is 0.0670. The van der Waals surface area contributed by atoms with Crippen LogP contribution in [0.4, 0.5) is 0 Å². The van der Waals surface area contributed by atoms with Gasteiger partial charge < -0.3 is 28.4 Å². The van der Waals surface area contributed by atoms with Gasteiger partial charge >= 0.3 is 0 Å². The van der Waals surface area contributed by atoms with Crippen LogP contribution in [0.15, 0.2) is 0 Å². The first kappa shape index (κ1) is 25.0. The van der Waals surface area contributed by atoms with Gasteiger partial charge in [-0.05, 0) is 48.0 Å². The smallest absolute Gasteiger partial charge is 0.280 e. The fourth-order valence-corrected chi connectivity index (χ4v) is 4.61. The van der Waals surface area contributed by atoms with E-state index in [9.17, 15) is 0 Å². The molecule has 2 aliphatic heterocycles. The van der Waals surface area contributed by atoms with Crippen molar-refractivity contribution < 1.29 is 28.4 Å². The molecule has 2 fully saturated rings. The van der Waals surface area contributed by atoms with Crippen LogP contribution in [0.3, 0.4) is 0 Å². The molecule has 6 nitrogen and oxygen atoms in total. The van der Waals surface area contributed by atoms with Gasteiger partial charge in [-0.3, -0.25) is 0 Å². The molecule has 7 unspecified atom stereocenters. The quantitative estimate of drug-likeness (QED) is 0.576. The molecular weight excluding hydrogens is 372 g/mol. The molecule has 2 saturated heterocycles. The zero-order chi connectivity index (χ0) is 22.1. The molecule has 0 aliphatic carbocycles. The van der Waals surface area contributed by atoms with Gasteiger partial charge in [0.15, 0.2) is 0 Å². The van der Waals surface area contributed by atoms with E-state index in [2.05, 4.69) is 48.5 Å². The topological polar surface area (TPSA) is 55.4 Å². The first-order chi connectivity index (χ1) is 13.3. The molecule has 0 radical (unpaired) electrons. The summed E-state index contributed by atoms with van der Waals surface area (Å²) in [5.74, 6) is -1.36. The molecule has 7 atom stereocenters. The van der Waals surface area contributed by atoms with Crippen LogP contribution in [-0.4, -0.2) is 48.6 Å². The molecular formula is C23H44O6. The summed E-state index contributed by atoms with van der Waals surface area (Å²) in [5.41, 5.74) is 0. The van der Waals surface area contributed by atoms with Crippen molar-refractivity contribution in [2.45, 2.75) is 131 Å². The summed E-state index contributed by atoms with van der Waals surface area (Å²) in [7, 11) is 0. The first-order valence-corrected chi connectivity index (χ1v) is 11.4. The SMILES string of the molecule is CCC1C(C)OC(C)(OC(C)C(C)C(C)OC2(C)OC(C)C(C)C(C)O2)OC1C. The fourth-order valence-electron chi connectivity index (χ4n) is 4.61. The van der Waals surface area contributed by atoms with Crippen molar-refractivity contribution in [2.24, 2.45) is 17.8 Å². The summed E-state index contributed by atoms with van der Waals surface area (Å²) < 4.78 is 36.8. The van der Waals surface area contributed by atoms with Gasteiger partial charge in [0, 0.05) is 31.6 Å². The van der Waals surface area contributed by atoms with Crippen molar-refractivity contribution in [1.29, 1.82) is 0 Å². The minimum atomic E-state index is -1.06. The van der Waals surface area contributed by atoms with Gasteiger partial charge in [-0.25, -0.2) is 0 Å². The minimum Gasteiger partial charge on any atom is -0.324 e. The molecule has 0 aromatic heterocycles. The summed E-state index contributed by atoms with van der Waals surface area (Å²) in [4.78, 5) is 0. The third-order valence-electron chi connectivity index (χ3n) is 7.04. The normalized spacial score (nSPS) is 46.9. The lowest BCUT2D eigenvalue weighted by Crippen LogP contribution is -2.55. The van der Waals surface area contributed by atoms with Crippen molar-refractivity contribution >= 4 is 0 Å². The highest BCUT2D eigenvalue weighted by Crippen LogP contribution is 2.37. The highest BCUT2D eigenvalue weighted by atomic mass is 16.9. The summed E-state index contributed by atoms with van der Waals surface area (Å²) in [6.07, 6.45) is 1.02. The summed E-state index contributed by atoms with van der Waals surface area (Å²) in [6, 6.07) is 0. The van der Waals surface area contributed by atoms with Crippen molar-refractivity contribution in [2.75, 3.05) is 0 Å². The average molecular weight is 417 g/mol. The lowest BCUT2D eigenvalue weighted by atomic mass is 9.93. The second-order valence-corrected chi connectivity index (χ2v) is 9.45. The van der Waals surface area contributed by atoms with Crippen LogP contribution in [0.2, 0.25) is 0 Å². The van der Waals surface area contributed by atoms with E-state index in [1.165, 1.54) is 0 Å². The second kappa shape index (κ2) is 9.49. The van der Waals surface area contributed by atoms with Crippen LogP contribution in [0.5, 0.6) is 0 Å². The largest absolute Gasteiger partial charge is 0.324 e. The lowest BCUT2D eigenvalue weighted by Gasteiger charge is -2.47. The molecule has 2 aliphatic rings. The van der Waals surface area contributed by atoms with E-state index >= 15 is 0 Å². The highest BCUT2D eigenvalue weighted by molar-refractivity contribution is 4.81. The van der Waals surface area contributed by atoms with Crippen LogP contribution >= 0.6 is 0 Å². The van der Waals surface area contributed by atoms with E-state index in [0.717, 1.165) is 6.42 Å². The molecule has 172 valence electrons. The Morgan fingerprint density at radius 2 is 1.03 bits per heavy atom. The van der Waals surface area contributed by atoms with Crippen molar-refractivity contribution in [3.8, 4) is 0 Å². The Hall–Kier alpha value is -0.240. The Kier molecular flexibility index (Phi) is 8.19. The van der Waals surface area contributed by atoms with Crippen LogP contribution in [-0.2, 0) is 28.4 Å². The Labute approximate surface area is 177 Å². The van der Waals surface area contributed by atoms with E-state index in [1.54, 1.807) is 0 Å². The Morgan fingerprint density at radius 3 is 1.38 bits per heavy atom. The molecule has 2 heterocycles. The van der Waals surface area contributed by atoms with Crippen molar-refractivity contribution in [3.63, 3.8) is 0 Å². The van der Waals surface area contributed by atoms with Gasteiger partial charge in [-0.2, -0.15) is 0 Å². The van der Waals surface area contributed by atoms with Crippen molar-refractivity contribution in [3.05, 3.63) is 0 Å². The maximum Gasteiger partial charge on any atom is 0.280 e. The molecule has 0 aromatic carbocycles. The Balaban J connectivity index is 1.96. The van der Waals surface area contributed by atoms with Crippen LogP contribution in [0.1, 0.15) is 82.6 Å². The van der Waals surface area contributed by atoms with Crippen LogP contribution in [0, 0.1) is 17.8 Å². The van der Waals surface area contributed by atoms with Gasteiger partial charge in [0.1, 0.15) is 0 Å². The molecule has 0 bridgehead atoms. The summed E-state index contributed by atoms with van der Waals surface area (Å²) in [5, 5.41) is 0. The second-order valence-electron chi connectivity index (χ2n) is 9.45. The summed E-state index contributed by atoms with van der Waals surface area (Å²) >= 11 is 0. The van der Waals surface area contributed by atoms with E-state index < -0.39 is 11.9 Å². The maximum absolute atomic E-state index is 6.27. The van der Waals surface area contributed by atoms with Gasteiger partial charge in [-0.15, -0.1) is 0 Å². The van der Waals surface area contributed by atoms with Crippen LogP contribution < -0.4 is 0 Å². The van der Waals surface area contributed by atoms with Gasteiger partial charge in [0.2, 0.25) is 0 Å². The van der Waals surface area contributed by atoms with E-state index in [-0.39, 0.29) is 42.5 Å². The van der Waals surface area contributed by atoms with Gasteiger partial charge in [0.05, 0.1) is 36.6 Å². The third kappa shape index (κ3) is 5.92. The predicted molar refractivity (Wildman–Crippen MR) is 112 cm³/mol. The molecule has 6 heteroatoms. The average Bonchev–Trinajstić information content (AvgIpc) is 2.57. The highest BCUT2D eigenvalue weighted by Gasteiger charge is 2.46. The molecule has 0 amide bonds. The fraction of sp³-hybridized carbons (Fsp3) is 1.00. The lowest BCUT2D eigenvalue weighted by molar-refractivity contribution is -0.452. The molecule has 0 N–H and O–H groups in total. The van der Waals surface area contributed by atoms with E-state index in [4.69, 9.17) is 28.4 Å². The van der Waals surface area contributed by atoms with Crippen LogP contribution in [0.25, 0.3) is 0 Å². The standard InChI is InChI=1S/C23H44O6/c1-12-21-19(8)28-23(11,29-20(21)9)27-18(7)14(3)17(6)26-22(10)24-15(4)13(2)16(5)25-22/h13-21H,12H2,1-11H3. The summed E-state index contributed by atoms with van der Waals surface area (Å²) in [6.45, 7) is 22.5. The van der Waals surface area contributed by atoms with E-state index in [1.807, 2.05) is 27.7 Å². The van der Waals surface area contributed by atoms with Crippen molar-refractivity contribution in [1.82, 2.24) is 0 Å². The Morgan fingerprint density at radius 1 is 0.690 bits per heavy atom. The van der Waals surface area contributed by atoms with Gasteiger partial charge in [-0.1, -0.05) is 20.8 Å². The zero-order valence-electron chi connectivity index (χ0n) is 20.4.